The lowest BCUT2D eigenvalue weighted by Gasteiger charge is -2.21. The van der Waals surface area contributed by atoms with Crippen molar-refractivity contribution in [1.82, 2.24) is 4.98 Å². The summed E-state index contributed by atoms with van der Waals surface area (Å²) in [6.07, 6.45) is 3.44. The van der Waals surface area contributed by atoms with E-state index in [1.165, 1.54) is 24.2 Å². The Kier molecular flexibility index (Phi) is 3.67. The first-order valence-corrected chi connectivity index (χ1v) is 7.21. The van der Waals surface area contributed by atoms with Crippen LogP contribution in [0.5, 0.6) is 0 Å². The number of carbonyl (C=O) groups excluding carboxylic acids is 1. The molecule has 5 heteroatoms. The maximum atomic E-state index is 12.2. The van der Waals surface area contributed by atoms with E-state index in [1.54, 1.807) is 0 Å². The number of nitrogens with zero attached hydrogens (tertiary/aromatic N) is 2. The second-order valence-electron chi connectivity index (χ2n) is 4.71. The first-order chi connectivity index (χ1) is 8.65. The Morgan fingerprint density at radius 1 is 1.61 bits per heavy atom. The number of hydrogen-bond acceptors (Lipinski definition) is 4. The van der Waals surface area contributed by atoms with Crippen molar-refractivity contribution in [1.29, 1.82) is 5.26 Å². The SMILES string of the molecule is CCC(C#N)(CC)C(=O)Nc1nc(C2CC2)cs1. The van der Waals surface area contributed by atoms with E-state index < -0.39 is 5.41 Å². The van der Waals surface area contributed by atoms with Crippen molar-refractivity contribution in [3.63, 3.8) is 0 Å². The Labute approximate surface area is 111 Å². The monoisotopic (exact) mass is 263 g/mol. The number of thiazole rings is 1. The zero-order valence-corrected chi connectivity index (χ0v) is 11.5. The molecule has 2 rings (SSSR count). The van der Waals surface area contributed by atoms with Gasteiger partial charge in [0.1, 0.15) is 5.41 Å². The largest absolute Gasteiger partial charge is 0.301 e. The van der Waals surface area contributed by atoms with Crippen molar-refractivity contribution in [2.24, 2.45) is 5.41 Å². The molecule has 96 valence electrons. The molecule has 0 saturated heterocycles. The van der Waals surface area contributed by atoms with E-state index in [-0.39, 0.29) is 5.91 Å². The van der Waals surface area contributed by atoms with Crippen LogP contribution >= 0.6 is 11.3 Å². The average molecular weight is 263 g/mol. The Morgan fingerprint density at radius 3 is 2.78 bits per heavy atom. The summed E-state index contributed by atoms with van der Waals surface area (Å²) in [6, 6.07) is 2.14. The third-order valence-corrected chi connectivity index (χ3v) is 4.37. The Morgan fingerprint density at radius 2 is 2.28 bits per heavy atom. The van der Waals surface area contributed by atoms with Crippen LogP contribution in [-0.4, -0.2) is 10.9 Å². The third-order valence-electron chi connectivity index (χ3n) is 3.59. The minimum atomic E-state index is -0.925. The van der Waals surface area contributed by atoms with Crippen molar-refractivity contribution in [2.45, 2.75) is 45.4 Å². The van der Waals surface area contributed by atoms with Crippen molar-refractivity contribution < 1.29 is 4.79 Å². The lowest BCUT2D eigenvalue weighted by atomic mass is 9.83. The molecule has 1 fully saturated rings. The minimum absolute atomic E-state index is 0.230. The molecule has 0 aliphatic heterocycles. The van der Waals surface area contributed by atoms with Crippen LogP contribution in [0.1, 0.15) is 51.1 Å². The van der Waals surface area contributed by atoms with E-state index in [0.717, 1.165) is 5.69 Å². The van der Waals surface area contributed by atoms with Gasteiger partial charge in [-0.3, -0.25) is 4.79 Å². The Hall–Kier alpha value is -1.41. The van der Waals surface area contributed by atoms with Crippen LogP contribution in [0.4, 0.5) is 5.13 Å². The van der Waals surface area contributed by atoms with E-state index in [1.807, 2.05) is 19.2 Å². The molecule has 0 atom stereocenters. The zero-order valence-electron chi connectivity index (χ0n) is 10.7. The van der Waals surface area contributed by atoms with Gasteiger partial charge >= 0.3 is 0 Å². The standard InChI is InChI=1S/C13H17N3OS/c1-3-13(4-2,8-14)11(17)16-12-15-10(7-18-12)9-5-6-9/h7,9H,3-6H2,1-2H3,(H,15,16,17). The van der Waals surface area contributed by atoms with Gasteiger partial charge in [0, 0.05) is 11.3 Å². The van der Waals surface area contributed by atoms with E-state index in [4.69, 9.17) is 0 Å². The quantitative estimate of drug-likeness (QED) is 0.886. The summed E-state index contributed by atoms with van der Waals surface area (Å²) in [5.41, 5.74) is 0.150. The third kappa shape index (κ3) is 2.39. The van der Waals surface area contributed by atoms with Gasteiger partial charge in [0.05, 0.1) is 11.8 Å². The molecule has 0 bridgehead atoms. The van der Waals surface area contributed by atoms with Crippen LogP contribution in [0.25, 0.3) is 0 Å². The second kappa shape index (κ2) is 5.07. The fourth-order valence-corrected chi connectivity index (χ4v) is 2.69. The average Bonchev–Trinajstić information content (AvgIpc) is 3.13. The molecule has 1 heterocycles. The minimum Gasteiger partial charge on any atom is -0.301 e. The molecule has 0 aromatic carbocycles. The molecule has 1 amide bonds. The highest BCUT2D eigenvalue weighted by Crippen LogP contribution is 2.41. The number of carbonyl (C=O) groups is 1. The predicted molar refractivity (Wildman–Crippen MR) is 71.3 cm³/mol. The molecule has 18 heavy (non-hydrogen) atoms. The molecule has 4 nitrogen and oxygen atoms in total. The molecule has 1 N–H and O–H groups in total. The molecule has 1 aliphatic carbocycles. The normalized spacial score (nSPS) is 15.2. The van der Waals surface area contributed by atoms with E-state index >= 15 is 0 Å². The van der Waals surface area contributed by atoms with Gasteiger partial charge in [-0.25, -0.2) is 4.98 Å². The summed E-state index contributed by atoms with van der Waals surface area (Å²) in [7, 11) is 0. The van der Waals surface area contributed by atoms with Gasteiger partial charge in [0.25, 0.3) is 0 Å². The fraction of sp³-hybridized carbons (Fsp3) is 0.615. The predicted octanol–water partition coefficient (Wildman–Crippen LogP) is 3.29. The first kappa shape index (κ1) is 13.0. The molecular formula is C13H17N3OS. The van der Waals surface area contributed by atoms with E-state index in [2.05, 4.69) is 16.4 Å². The maximum absolute atomic E-state index is 12.2. The van der Waals surface area contributed by atoms with E-state index in [0.29, 0.717) is 23.9 Å². The Bertz CT molecular complexity index is 481. The topological polar surface area (TPSA) is 65.8 Å². The van der Waals surface area contributed by atoms with Gasteiger partial charge in [-0.2, -0.15) is 5.26 Å². The fourth-order valence-electron chi connectivity index (χ4n) is 1.91. The van der Waals surface area contributed by atoms with Crippen molar-refractivity contribution >= 4 is 22.4 Å². The first-order valence-electron chi connectivity index (χ1n) is 6.33. The molecule has 0 radical (unpaired) electrons. The number of rotatable bonds is 5. The summed E-state index contributed by atoms with van der Waals surface area (Å²) in [5, 5.41) is 14.6. The smallest absolute Gasteiger partial charge is 0.246 e. The van der Waals surface area contributed by atoms with Crippen molar-refractivity contribution in [2.75, 3.05) is 5.32 Å². The second-order valence-corrected chi connectivity index (χ2v) is 5.57. The van der Waals surface area contributed by atoms with Gasteiger partial charge in [-0.15, -0.1) is 11.3 Å². The van der Waals surface area contributed by atoms with Crippen molar-refractivity contribution in [3.05, 3.63) is 11.1 Å². The summed E-state index contributed by atoms with van der Waals surface area (Å²) >= 11 is 1.44. The number of nitrogens with one attached hydrogen (secondary N) is 1. The van der Waals surface area contributed by atoms with Gasteiger partial charge in [0.15, 0.2) is 5.13 Å². The Balaban J connectivity index is 2.07. The molecule has 1 saturated carbocycles. The van der Waals surface area contributed by atoms with Gasteiger partial charge in [-0.05, 0) is 25.7 Å². The van der Waals surface area contributed by atoms with Crippen LogP contribution in [0.3, 0.4) is 0 Å². The molecule has 0 unspecified atom stereocenters. The summed E-state index contributed by atoms with van der Waals surface area (Å²) < 4.78 is 0. The summed E-state index contributed by atoms with van der Waals surface area (Å²) in [6.45, 7) is 3.73. The number of nitriles is 1. The molecule has 0 spiro atoms. The molecular weight excluding hydrogens is 246 g/mol. The molecule has 1 aromatic rings. The van der Waals surface area contributed by atoms with Crippen LogP contribution in [0.2, 0.25) is 0 Å². The number of hydrogen-bond donors (Lipinski definition) is 1. The lowest BCUT2D eigenvalue weighted by molar-refractivity contribution is -0.123. The highest BCUT2D eigenvalue weighted by Gasteiger charge is 2.35. The van der Waals surface area contributed by atoms with Crippen LogP contribution in [0, 0.1) is 16.7 Å². The number of amides is 1. The summed E-state index contributed by atoms with van der Waals surface area (Å²) in [5.74, 6) is 0.358. The van der Waals surface area contributed by atoms with Gasteiger partial charge in [0.2, 0.25) is 5.91 Å². The summed E-state index contributed by atoms with van der Waals surface area (Å²) in [4.78, 5) is 16.6. The lowest BCUT2D eigenvalue weighted by Crippen LogP contribution is -2.33. The maximum Gasteiger partial charge on any atom is 0.246 e. The van der Waals surface area contributed by atoms with Crippen LogP contribution in [0.15, 0.2) is 5.38 Å². The number of anilines is 1. The van der Waals surface area contributed by atoms with Gasteiger partial charge in [-0.1, -0.05) is 13.8 Å². The van der Waals surface area contributed by atoms with Gasteiger partial charge < -0.3 is 5.32 Å². The molecule has 1 aromatic heterocycles. The zero-order chi connectivity index (χ0) is 13.2. The highest BCUT2D eigenvalue weighted by atomic mass is 32.1. The molecule has 1 aliphatic rings. The van der Waals surface area contributed by atoms with Crippen LogP contribution in [-0.2, 0) is 4.79 Å². The van der Waals surface area contributed by atoms with Crippen molar-refractivity contribution in [3.8, 4) is 6.07 Å². The number of aromatic nitrogens is 1. The highest BCUT2D eigenvalue weighted by molar-refractivity contribution is 7.13. The van der Waals surface area contributed by atoms with E-state index in [9.17, 15) is 10.1 Å². The van der Waals surface area contributed by atoms with Crippen LogP contribution < -0.4 is 5.32 Å².